The number of hydrogen-bond acceptors (Lipinski definition) is 8. The van der Waals surface area contributed by atoms with Gasteiger partial charge in [0.1, 0.15) is 17.5 Å². The summed E-state index contributed by atoms with van der Waals surface area (Å²) in [4.78, 5) is 47.1. The van der Waals surface area contributed by atoms with Gasteiger partial charge in [-0.1, -0.05) is 0 Å². The monoisotopic (exact) mass is 461 g/mol. The number of aromatic hydroxyl groups is 1. The lowest BCUT2D eigenvalue weighted by molar-refractivity contribution is -0.140. The van der Waals surface area contributed by atoms with E-state index in [0.717, 1.165) is 10.4 Å². The number of nitrogens with zero attached hydrogens (tertiary/aromatic N) is 2. The molecule has 0 bridgehead atoms. The Hall–Kier alpha value is -3.51. The number of hydrogen-bond donors (Lipinski definition) is 6. The van der Waals surface area contributed by atoms with Gasteiger partial charge in [-0.25, -0.2) is 9.78 Å². The minimum atomic E-state index is -1.31. The maximum atomic E-state index is 12.6. The topological polar surface area (TPSA) is 192 Å². The number of nitrogens with two attached hydrogens (primary N) is 1. The number of fused-ring (bicyclic) bond motifs is 1. The number of aryl methyl sites for hydroxylation is 1. The van der Waals surface area contributed by atoms with E-state index in [4.69, 9.17) is 10.8 Å². The molecule has 0 aliphatic rings. The molecule has 3 heterocycles. The lowest BCUT2D eigenvalue weighted by atomic mass is 9.94. The van der Waals surface area contributed by atoms with Crippen LogP contribution in [0.3, 0.4) is 0 Å². The molecule has 1 unspecified atom stereocenters. The minimum absolute atomic E-state index is 0.150. The van der Waals surface area contributed by atoms with Crippen LogP contribution in [0.4, 0.5) is 0 Å². The molecule has 0 saturated carbocycles. The fraction of sp³-hybridized carbons (Fsp3) is 0.350. The van der Waals surface area contributed by atoms with Crippen LogP contribution in [0.2, 0.25) is 0 Å². The number of thiophene rings is 1. The van der Waals surface area contributed by atoms with Crippen LogP contribution >= 0.6 is 11.3 Å². The van der Waals surface area contributed by atoms with Crippen LogP contribution < -0.4 is 11.1 Å². The van der Waals surface area contributed by atoms with E-state index in [1.165, 1.54) is 11.3 Å². The van der Waals surface area contributed by atoms with Crippen LogP contribution in [0.5, 0.6) is 5.88 Å². The Morgan fingerprint density at radius 1 is 1.22 bits per heavy atom. The summed E-state index contributed by atoms with van der Waals surface area (Å²) in [5, 5.41) is 31.2. The van der Waals surface area contributed by atoms with E-state index < -0.39 is 23.9 Å². The van der Waals surface area contributed by atoms with Crippen molar-refractivity contribution in [3.8, 4) is 5.88 Å². The molecule has 3 rings (SSSR count). The van der Waals surface area contributed by atoms with Crippen LogP contribution in [0.25, 0.3) is 11.0 Å². The van der Waals surface area contributed by atoms with Gasteiger partial charge in [0.15, 0.2) is 0 Å². The van der Waals surface area contributed by atoms with Gasteiger partial charge in [-0.2, -0.15) is 4.98 Å². The van der Waals surface area contributed by atoms with Crippen molar-refractivity contribution in [3.63, 3.8) is 0 Å². The van der Waals surface area contributed by atoms with E-state index in [-0.39, 0.29) is 29.5 Å². The molecule has 0 spiro atoms. The molecule has 32 heavy (non-hydrogen) atoms. The highest BCUT2D eigenvalue weighted by Gasteiger charge is 2.26. The minimum Gasteiger partial charge on any atom is -0.493 e. The molecule has 3 aromatic rings. The van der Waals surface area contributed by atoms with Crippen molar-refractivity contribution < 1.29 is 29.7 Å². The maximum Gasteiger partial charge on any atom is 0.326 e. The summed E-state index contributed by atoms with van der Waals surface area (Å²) in [6.07, 6.45) is 1.65. The summed E-state index contributed by atoms with van der Waals surface area (Å²) in [5.41, 5.74) is 7.04. The molecule has 0 saturated heterocycles. The molecular weight excluding hydrogens is 438 g/mol. The van der Waals surface area contributed by atoms with Gasteiger partial charge in [0.2, 0.25) is 5.88 Å². The number of carboxylic acid groups (broad SMARTS) is 2. The first-order valence-corrected chi connectivity index (χ1v) is 10.6. The first kappa shape index (κ1) is 23.2. The van der Waals surface area contributed by atoms with E-state index >= 15 is 0 Å². The molecule has 7 N–H and O–H groups in total. The number of nitrogens with one attached hydrogen (secondary N) is 2. The lowest BCUT2D eigenvalue weighted by Gasteiger charge is -2.14. The van der Waals surface area contributed by atoms with Gasteiger partial charge in [-0.05, 0) is 44.0 Å². The number of carbonyl (C=O) groups excluding carboxylic acids is 1. The molecular formula is C20H23N5O6S. The first-order chi connectivity index (χ1) is 15.2. The summed E-state index contributed by atoms with van der Waals surface area (Å²) in [6, 6.07) is 2.01. The van der Waals surface area contributed by atoms with Gasteiger partial charge in [0, 0.05) is 23.4 Å². The van der Waals surface area contributed by atoms with Crippen molar-refractivity contribution in [1.29, 1.82) is 0 Å². The van der Waals surface area contributed by atoms with Crippen molar-refractivity contribution >= 4 is 40.2 Å². The SMILES string of the molecule is Cc1nc(O)c2c(C(CCN)c3ccc(C(=O)N[C@@H](CCC(=O)O)C(=O)O)s3)c[nH]c2n1. The molecule has 3 aromatic heterocycles. The number of carbonyl (C=O) groups is 3. The second-order valence-electron chi connectivity index (χ2n) is 7.19. The van der Waals surface area contributed by atoms with Crippen molar-refractivity contribution in [2.75, 3.05) is 6.54 Å². The number of aliphatic carboxylic acids is 2. The molecule has 170 valence electrons. The smallest absolute Gasteiger partial charge is 0.326 e. The Balaban J connectivity index is 1.87. The molecule has 0 radical (unpaired) electrons. The zero-order valence-corrected chi connectivity index (χ0v) is 18.0. The fourth-order valence-electron chi connectivity index (χ4n) is 3.46. The van der Waals surface area contributed by atoms with Gasteiger partial charge >= 0.3 is 11.9 Å². The molecule has 11 nitrogen and oxygen atoms in total. The Labute approximate surface area is 186 Å². The van der Waals surface area contributed by atoms with Gasteiger partial charge in [0.05, 0.1) is 10.3 Å². The third-order valence-corrected chi connectivity index (χ3v) is 6.13. The number of aromatic amines is 1. The number of H-pyrrole nitrogens is 1. The van der Waals surface area contributed by atoms with Gasteiger partial charge < -0.3 is 31.4 Å². The standard InChI is InChI=1S/C20H23N5O6S/c1-9-23-17-16(19(29)24-9)11(8-22-17)10(6-7-21)13-3-4-14(32-13)18(28)25-12(20(30)31)2-5-15(26)27/h3-4,8,10,12H,2,5-7,21H2,1H3,(H,25,28)(H,26,27)(H,30,31)(H2,22,23,24,29)/t10?,12-/m0/s1. The van der Waals surface area contributed by atoms with Crippen molar-refractivity contribution in [3.05, 3.63) is 39.5 Å². The molecule has 0 aliphatic heterocycles. The molecule has 1 amide bonds. The first-order valence-electron chi connectivity index (χ1n) is 9.81. The summed E-state index contributed by atoms with van der Waals surface area (Å²) >= 11 is 1.17. The summed E-state index contributed by atoms with van der Waals surface area (Å²) in [7, 11) is 0. The zero-order valence-electron chi connectivity index (χ0n) is 17.2. The molecule has 0 aromatic carbocycles. The van der Waals surface area contributed by atoms with Crippen LogP contribution in [0, 0.1) is 6.92 Å². The lowest BCUT2D eigenvalue weighted by Crippen LogP contribution is -2.40. The average molecular weight is 462 g/mol. The number of carboxylic acids is 2. The highest BCUT2D eigenvalue weighted by molar-refractivity contribution is 7.14. The predicted octanol–water partition coefficient (Wildman–Crippen LogP) is 1.56. The molecule has 0 aliphatic carbocycles. The third-order valence-electron chi connectivity index (χ3n) is 4.93. The van der Waals surface area contributed by atoms with Crippen molar-refractivity contribution in [1.82, 2.24) is 20.3 Å². The van der Waals surface area contributed by atoms with Crippen LogP contribution in [0.15, 0.2) is 18.3 Å². The highest BCUT2D eigenvalue weighted by Crippen LogP contribution is 2.38. The van der Waals surface area contributed by atoms with E-state index in [1.807, 2.05) is 0 Å². The molecule has 2 atom stereocenters. The quantitative estimate of drug-likeness (QED) is 0.260. The normalized spacial score (nSPS) is 13.1. The number of rotatable bonds is 10. The predicted molar refractivity (Wildman–Crippen MR) is 116 cm³/mol. The highest BCUT2D eigenvalue weighted by atomic mass is 32.1. The Kier molecular flexibility index (Phi) is 7.05. The van der Waals surface area contributed by atoms with Crippen molar-refractivity contribution in [2.24, 2.45) is 5.73 Å². The van der Waals surface area contributed by atoms with E-state index in [9.17, 15) is 24.6 Å². The van der Waals surface area contributed by atoms with E-state index in [0.29, 0.717) is 29.8 Å². The number of amides is 1. The Morgan fingerprint density at radius 2 is 1.97 bits per heavy atom. The average Bonchev–Trinajstić information content (AvgIpc) is 3.36. The van der Waals surface area contributed by atoms with Crippen LogP contribution in [0.1, 0.15) is 51.1 Å². The maximum absolute atomic E-state index is 12.6. The zero-order chi connectivity index (χ0) is 23.4. The molecule has 12 heteroatoms. The second-order valence-corrected chi connectivity index (χ2v) is 8.31. The Morgan fingerprint density at radius 3 is 2.62 bits per heavy atom. The van der Waals surface area contributed by atoms with E-state index in [2.05, 4.69) is 20.3 Å². The summed E-state index contributed by atoms with van der Waals surface area (Å²) in [6.45, 7) is 2.02. The summed E-state index contributed by atoms with van der Waals surface area (Å²) < 4.78 is 0. The third kappa shape index (κ3) is 5.03. The van der Waals surface area contributed by atoms with Crippen LogP contribution in [-0.4, -0.2) is 60.7 Å². The van der Waals surface area contributed by atoms with Gasteiger partial charge in [-0.3, -0.25) is 9.59 Å². The largest absolute Gasteiger partial charge is 0.493 e. The fourth-order valence-corrected chi connectivity index (χ4v) is 4.52. The van der Waals surface area contributed by atoms with Gasteiger partial charge in [-0.15, -0.1) is 11.3 Å². The van der Waals surface area contributed by atoms with Crippen molar-refractivity contribution in [2.45, 2.75) is 38.1 Å². The summed E-state index contributed by atoms with van der Waals surface area (Å²) in [5.74, 6) is -3.03. The number of aromatic nitrogens is 3. The Bertz CT molecular complexity index is 1160. The second kappa shape index (κ2) is 9.75. The van der Waals surface area contributed by atoms with Gasteiger partial charge in [0.25, 0.3) is 5.91 Å². The van der Waals surface area contributed by atoms with Crippen LogP contribution in [-0.2, 0) is 9.59 Å². The van der Waals surface area contributed by atoms with E-state index in [1.54, 1.807) is 25.3 Å². The molecule has 0 fully saturated rings.